The molecule has 0 saturated heterocycles. The number of aryl methyl sites for hydroxylation is 1. The molecule has 1 heterocycles. The Balaban J connectivity index is 1.94. The molecule has 0 radical (unpaired) electrons. The summed E-state index contributed by atoms with van der Waals surface area (Å²) in [4.78, 5) is 11.3. The van der Waals surface area contributed by atoms with Gasteiger partial charge in [-0.3, -0.25) is 4.79 Å². The van der Waals surface area contributed by atoms with Gasteiger partial charge in [0.2, 0.25) is 5.91 Å². The largest absolute Gasteiger partial charge is 0.492 e. The first kappa shape index (κ1) is 14.8. The summed E-state index contributed by atoms with van der Waals surface area (Å²) >= 11 is 0. The Labute approximate surface area is 119 Å². The van der Waals surface area contributed by atoms with Crippen molar-refractivity contribution in [2.24, 2.45) is 0 Å². The summed E-state index contributed by atoms with van der Waals surface area (Å²) in [6, 6.07) is 5.89. The molecule has 0 aliphatic carbocycles. The van der Waals surface area contributed by atoms with E-state index in [-0.39, 0.29) is 18.6 Å². The third kappa shape index (κ3) is 3.95. The van der Waals surface area contributed by atoms with Gasteiger partial charge < -0.3 is 20.5 Å². The van der Waals surface area contributed by atoms with Crippen LogP contribution in [0.4, 0.5) is 5.69 Å². The molecular weight excluding hydrogens is 256 g/mol. The van der Waals surface area contributed by atoms with E-state index in [2.05, 4.69) is 10.6 Å². The fourth-order valence-corrected chi connectivity index (χ4v) is 2.34. The fourth-order valence-electron chi connectivity index (χ4n) is 2.34. The van der Waals surface area contributed by atoms with Gasteiger partial charge in [0, 0.05) is 24.8 Å². The zero-order valence-electron chi connectivity index (χ0n) is 11.8. The Morgan fingerprint density at radius 2 is 2.30 bits per heavy atom. The van der Waals surface area contributed by atoms with E-state index in [1.165, 1.54) is 0 Å². The topological polar surface area (TPSA) is 70.6 Å². The lowest BCUT2D eigenvalue weighted by Crippen LogP contribution is -2.35. The van der Waals surface area contributed by atoms with E-state index in [0.717, 1.165) is 30.0 Å². The second-order valence-corrected chi connectivity index (χ2v) is 4.95. The first-order chi connectivity index (χ1) is 9.72. The lowest BCUT2D eigenvalue weighted by atomic mass is 10.0. The van der Waals surface area contributed by atoms with Crippen LogP contribution in [0.1, 0.15) is 25.3 Å². The standard InChI is InChI=1S/C15H22N2O3/c1-2-16-12(7-8-18)10-20-13-4-5-14-11(9-13)3-6-15(19)17-14/h4-5,9,12,16,18H,2-3,6-8,10H2,1H3,(H,17,19). The quantitative estimate of drug-likeness (QED) is 0.703. The number of hydrogen-bond acceptors (Lipinski definition) is 4. The molecule has 110 valence electrons. The first-order valence-electron chi connectivity index (χ1n) is 7.12. The summed E-state index contributed by atoms with van der Waals surface area (Å²) in [5, 5.41) is 15.1. The van der Waals surface area contributed by atoms with E-state index in [9.17, 15) is 4.79 Å². The van der Waals surface area contributed by atoms with E-state index < -0.39 is 0 Å². The van der Waals surface area contributed by atoms with E-state index in [1.54, 1.807) is 0 Å². The maximum Gasteiger partial charge on any atom is 0.224 e. The molecule has 0 saturated carbocycles. The number of rotatable bonds is 7. The molecule has 5 nitrogen and oxygen atoms in total. The summed E-state index contributed by atoms with van der Waals surface area (Å²) in [7, 11) is 0. The Morgan fingerprint density at radius 1 is 1.45 bits per heavy atom. The summed E-state index contributed by atoms with van der Waals surface area (Å²) in [5.41, 5.74) is 2.00. The second-order valence-electron chi connectivity index (χ2n) is 4.95. The molecule has 0 aromatic heterocycles. The number of aliphatic hydroxyl groups is 1. The molecule has 1 aromatic rings. The predicted molar refractivity (Wildman–Crippen MR) is 78.1 cm³/mol. The minimum Gasteiger partial charge on any atom is -0.492 e. The van der Waals surface area contributed by atoms with Crippen LogP contribution in [0, 0.1) is 0 Å². The number of amides is 1. The highest BCUT2D eigenvalue weighted by molar-refractivity contribution is 5.93. The SMILES string of the molecule is CCNC(CCO)COc1ccc2c(c1)CCC(=O)N2. The van der Waals surface area contributed by atoms with Gasteiger partial charge in [-0.25, -0.2) is 0 Å². The Bertz CT molecular complexity index is 456. The maximum atomic E-state index is 11.3. The van der Waals surface area contributed by atoms with E-state index in [1.807, 2.05) is 25.1 Å². The lowest BCUT2D eigenvalue weighted by molar-refractivity contribution is -0.116. The third-order valence-electron chi connectivity index (χ3n) is 3.39. The molecule has 0 spiro atoms. The number of hydrogen-bond donors (Lipinski definition) is 3. The molecule has 2 rings (SSSR count). The van der Waals surface area contributed by atoms with Crippen LogP contribution >= 0.6 is 0 Å². The molecule has 1 aliphatic rings. The molecule has 20 heavy (non-hydrogen) atoms. The molecule has 1 aromatic carbocycles. The normalized spacial score (nSPS) is 15.4. The van der Waals surface area contributed by atoms with Crippen LogP contribution in [0.3, 0.4) is 0 Å². The van der Waals surface area contributed by atoms with Crippen LogP contribution in [0.15, 0.2) is 18.2 Å². The minimum atomic E-state index is 0.0707. The predicted octanol–water partition coefficient (Wildman–Crippen LogP) is 1.31. The van der Waals surface area contributed by atoms with Crippen LogP contribution in [0.5, 0.6) is 5.75 Å². The Morgan fingerprint density at radius 3 is 3.05 bits per heavy atom. The van der Waals surface area contributed by atoms with Crippen LogP contribution < -0.4 is 15.4 Å². The number of benzene rings is 1. The highest BCUT2D eigenvalue weighted by Crippen LogP contribution is 2.26. The molecule has 1 amide bonds. The zero-order chi connectivity index (χ0) is 14.4. The molecule has 5 heteroatoms. The third-order valence-corrected chi connectivity index (χ3v) is 3.39. The first-order valence-corrected chi connectivity index (χ1v) is 7.12. The van der Waals surface area contributed by atoms with Gasteiger partial charge in [0.25, 0.3) is 0 Å². The van der Waals surface area contributed by atoms with Gasteiger partial charge in [-0.15, -0.1) is 0 Å². The zero-order valence-corrected chi connectivity index (χ0v) is 11.8. The number of ether oxygens (including phenoxy) is 1. The van der Waals surface area contributed by atoms with Crippen molar-refractivity contribution in [3.63, 3.8) is 0 Å². The smallest absolute Gasteiger partial charge is 0.224 e. The van der Waals surface area contributed by atoms with Crippen LogP contribution in [0.2, 0.25) is 0 Å². The summed E-state index contributed by atoms with van der Waals surface area (Å²) < 4.78 is 5.78. The van der Waals surface area contributed by atoms with Crippen LogP contribution in [-0.2, 0) is 11.2 Å². The monoisotopic (exact) mass is 278 g/mol. The average molecular weight is 278 g/mol. The van der Waals surface area contributed by atoms with Gasteiger partial charge in [-0.2, -0.15) is 0 Å². The van der Waals surface area contributed by atoms with Gasteiger partial charge in [0.1, 0.15) is 12.4 Å². The number of carbonyl (C=O) groups excluding carboxylic acids is 1. The molecule has 1 unspecified atom stereocenters. The van der Waals surface area contributed by atoms with Crippen molar-refractivity contribution in [2.75, 3.05) is 25.1 Å². The van der Waals surface area contributed by atoms with Crippen molar-refractivity contribution in [3.05, 3.63) is 23.8 Å². The van der Waals surface area contributed by atoms with Crippen molar-refractivity contribution in [2.45, 2.75) is 32.2 Å². The number of aliphatic hydroxyl groups excluding tert-OH is 1. The highest BCUT2D eigenvalue weighted by atomic mass is 16.5. The molecule has 0 bridgehead atoms. The molecule has 3 N–H and O–H groups in total. The molecular formula is C15H22N2O3. The molecule has 1 aliphatic heterocycles. The van der Waals surface area contributed by atoms with Crippen LogP contribution in [0.25, 0.3) is 0 Å². The van der Waals surface area contributed by atoms with Gasteiger partial charge in [-0.05, 0) is 43.1 Å². The van der Waals surface area contributed by atoms with Crippen molar-refractivity contribution in [1.82, 2.24) is 5.32 Å². The summed E-state index contributed by atoms with van der Waals surface area (Å²) in [6.07, 6.45) is 1.96. The number of nitrogens with one attached hydrogen (secondary N) is 2. The van der Waals surface area contributed by atoms with Crippen LogP contribution in [-0.4, -0.2) is 36.8 Å². The van der Waals surface area contributed by atoms with Crippen molar-refractivity contribution in [3.8, 4) is 5.75 Å². The second kappa shape index (κ2) is 7.26. The molecule has 0 fully saturated rings. The Kier molecular flexibility index (Phi) is 5.38. The Hall–Kier alpha value is -1.59. The van der Waals surface area contributed by atoms with Gasteiger partial charge in [-0.1, -0.05) is 6.92 Å². The molecule has 1 atom stereocenters. The number of carbonyl (C=O) groups is 1. The van der Waals surface area contributed by atoms with Gasteiger partial charge in [0.05, 0.1) is 0 Å². The van der Waals surface area contributed by atoms with Crippen molar-refractivity contribution >= 4 is 11.6 Å². The summed E-state index contributed by atoms with van der Waals surface area (Å²) in [6.45, 7) is 3.56. The van der Waals surface area contributed by atoms with E-state index >= 15 is 0 Å². The fraction of sp³-hybridized carbons (Fsp3) is 0.533. The number of likely N-dealkylation sites (N-methyl/N-ethyl adjacent to an activating group) is 1. The average Bonchev–Trinajstić information content (AvgIpc) is 2.45. The number of fused-ring (bicyclic) bond motifs is 1. The van der Waals surface area contributed by atoms with E-state index in [4.69, 9.17) is 9.84 Å². The van der Waals surface area contributed by atoms with E-state index in [0.29, 0.717) is 19.4 Å². The summed E-state index contributed by atoms with van der Waals surface area (Å²) in [5.74, 6) is 0.877. The lowest BCUT2D eigenvalue weighted by Gasteiger charge is -2.20. The minimum absolute atomic E-state index is 0.0707. The van der Waals surface area contributed by atoms with Gasteiger partial charge in [0.15, 0.2) is 0 Å². The highest BCUT2D eigenvalue weighted by Gasteiger charge is 2.15. The van der Waals surface area contributed by atoms with Crippen molar-refractivity contribution < 1.29 is 14.6 Å². The maximum absolute atomic E-state index is 11.3. The number of anilines is 1. The van der Waals surface area contributed by atoms with Gasteiger partial charge >= 0.3 is 0 Å². The van der Waals surface area contributed by atoms with Crippen molar-refractivity contribution in [1.29, 1.82) is 0 Å².